The number of aliphatic carboxylic acids is 1. The van der Waals surface area contributed by atoms with Crippen molar-refractivity contribution in [1.29, 1.82) is 0 Å². The van der Waals surface area contributed by atoms with Gasteiger partial charge >= 0.3 is 5.97 Å². The number of amides is 1. The average Bonchev–Trinajstić information content (AvgIpc) is 2.93. The molecule has 8 nitrogen and oxygen atoms in total. The molecule has 0 aliphatic heterocycles. The van der Waals surface area contributed by atoms with Crippen LogP contribution >= 0.6 is 0 Å². The fourth-order valence-corrected chi connectivity index (χ4v) is 3.00. The van der Waals surface area contributed by atoms with E-state index in [1.165, 1.54) is 0 Å². The molecule has 2 aromatic heterocycles. The molecule has 146 valence electrons. The first-order chi connectivity index (χ1) is 13.3. The van der Waals surface area contributed by atoms with Crippen LogP contribution in [-0.4, -0.2) is 38.4 Å². The lowest BCUT2D eigenvalue weighted by molar-refractivity contribution is -0.137. The SMILES string of the molecule is Cc1cc(C(=O)Nc2ccc(OCCCC(=O)O)cc2)c2c(C)nn(C)c2n1. The Kier molecular flexibility index (Phi) is 5.58. The van der Waals surface area contributed by atoms with E-state index in [0.717, 1.165) is 16.8 Å². The van der Waals surface area contributed by atoms with Crippen LogP contribution in [0, 0.1) is 13.8 Å². The van der Waals surface area contributed by atoms with Crippen LogP contribution in [0.2, 0.25) is 0 Å². The zero-order valence-corrected chi connectivity index (χ0v) is 16.0. The third-order valence-electron chi connectivity index (χ3n) is 4.26. The van der Waals surface area contributed by atoms with Crippen LogP contribution < -0.4 is 10.1 Å². The van der Waals surface area contributed by atoms with Crippen LogP contribution in [0.5, 0.6) is 5.75 Å². The molecule has 0 aliphatic rings. The molecule has 0 fully saturated rings. The maximum absolute atomic E-state index is 12.8. The van der Waals surface area contributed by atoms with Gasteiger partial charge in [-0.3, -0.25) is 14.3 Å². The van der Waals surface area contributed by atoms with Gasteiger partial charge in [-0.15, -0.1) is 0 Å². The van der Waals surface area contributed by atoms with Crippen molar-refractivity contribution in [3.8, 4) is 5.75 Å². The molecule has 0 saturated heterocycles. The second-order valence-corrected chi connectivity index (χ2v) is 6.54. The molecule has 0 bridgehead atoms. The predicted molar refractivity (Wildman–Crippen MR) is 105 cm³/mol. The number of rotatable bonds is 7. The summed E-state index contributed by atoms with van der Waals surface area (Å²) in [7, 11) is 1.80. The number of nitrogens with one attached hydrogen (secondary N) is 1. The standard InChI is InChI=1S/C20H22N4O4/c1-12-11-16(18-13(2)23-24(3)19(18)21-12)20(27)22-14-6-8-15(9-7-14)28-10-4-5-17(25)26/h6-9,11H,4-5,10H2,1-3H3,(H,22,27)(H,25,26). The van der Waals surface area contributed by atoms with Gasteiger partial charge in [0, 0.05) is 24.8 Å². The number of aryl methyl sites for hydroxylation is 3. The topological polar surface area (TPSA) is 106 Å². The molecule has 28 heavy (non-hydrogen) atoms. The molecule has 0 radical (unpaired) electrons. The van der Waals surface area contributed by atoms with Gasteiger partial charge in [0.1, 0.15) is 5.75 Å². The van der Waals surface area contributed by atoms with Crippen LogP contribution in [0.15, 0.2) is 30.3 Å². The summed E-state index contributed by atoms with van der Waals surface area (Å²) in [6.45, 7) is 4.02. The Balaban J connectivity index is 1.72. The van der Waals surface area contributed by atoms with Crippen molar-refractivity contribution in [3.63, 3.8) is 0 Å². The van der Waals surface area contributed by atoms with Gasteiger partial charge in [0.25, 0.3) is 5.91 Å². The minimum Gasteiger partial charge on any atom is -0.494 e. The van der Waals surface area contributed by atoms with Crippen molar-refractivity contribution in [2.45, 2.75) is 26.7 Å². The van der Waals surface area contributed by atoms with E-state index in [4.69, 9.17) is 9.84 Å². The van der Waals surface area contributed by atoms with E-state index >= 15 is 0 Å². The number of hydrogen-bond donors (Lipinski definition) is 2. The van der Waals surface area contributed by atoms with Gasteiger partial charge in [0.15, 0.2) is 5.65 Å². The van der Waals surface area contributed by atoms with Crippen molar-refractivity contribution in [3.05, 3.63) is 47.3 Å². The zero-order valence-electron chi connectivity index (χ0n) is 16.0. The lowest BCUT2D eigenvalue weighted by atomic mass is 10.1. The van der Waals surface area contributed by atoms with Crippen molar-refractivity contribution in [1.82, 2.24) is 14.8 Å². The molecule has 2 heterocycles. The van der Waals surface area contributed by atoms with Crippen molar-refractivity contribution < 1.29 is 19.4 Å². The summed E-state index contributed by atoms with van der Waals surface area (Å²) in [5.41, 5.74) is 3.33. The van der Waals surface area contributed by atoms with Crippen LogP contribution in [-0.2, 0) is 11.8 Å². The number of nitrogens with zero attached hydrogens (tertiary/aromatic N) is 3. The third kappa shape index (κ3) is 4.28. The number of carbonyl (C=O) groups is 2. The number of carbonyl (C=O) groups excluding carboxylic acids is 1. The highest BCUT2D eigenvalue weighted by atomic mass is 16.5. The number of carboxylic acids is 1. The van der Waals surface area contributed by atoms with Crippen LogP contribution in [0.3, 0.4) is 0 Å². The van der Waals surface area contributed by atoms with Crippen LogP contribution in [0.1, 0.15) is 34.6 Å². The van der Waals surface area contributed by atoms with Crippen molar-refractivity contribution in [2.75, 3.05) is 11.9 Å². The molecule has 0 saturated carbocycles. The summed E-state index contributed by atoms with van der Waals surface area (Å²) in [6.07, 6.45) is 0.511. The van der Waals surface area contributed by atoms with E-state index in [0.29, 0.717) is 35.7 Å². The fourth-order valence-electron chi connectivity index (χ4n) is 3.00. The quantitative estimate of drug-likeness (QED) is 0.608. The fraction of sp³-hybridized carbons (Fsp3) is 0.300. The first kappa shape index (κ1) is 19.3. The Morgan fingerprint density at radius 2 is 1.93 bits per heavy atom. The lowest BCUT2D eigenvalue weighted by Gasteiger charge is -2.09. The molecular formula is C20H22N4O4. The van der Waals surface area contributed by atoms with E-state index in [-0.39, 0.29) is 12.3 Å². The lowest BCUT2D eigenvalue weighted by Crippen LogP contribution is -2.13. The molecule has 0 unspecified atom stereocenters. The number of aromatic nitrogens is 3. The van der Waals surface area contributed by atoms with Gasteiger partial charge in [0.05, 0.1) is 23.3 Å². The van der Waals surface area contributed by atoms with Crippen molar-refractivity contribution in [2.24, 2.45) is 7.05 Å². The predicted octanol–water partition coefficient (Wildman–Crippen LogP) is 3.08. The summed E-state index contributed by atoms with van der Waals surface area (Å²) >= 11 is 0. The molecule has 2 N–H and O–H groups in total. The van der Waals surface area contributed by atoms with Crippen LogP contribution in [0.4, 0.5) is 5.69 Å². The number of hydrogen-bond acceptors (Lipinski definition) is 5. The van der Waals surface area contributed by atoms with Gasteiger partial charge in [-0.05, 0) is 50.6 Å². The smallest absolute Gasteiger partial charge is 0.303 e. The Morgan fingerprint density at radius 1 is 1.21 bits per heavy atom. The highest BCUT2D eigenvalue weighted by Crippen LogP contribution is 2.23. The molecule has 8 heteroatoms. The van der Waals surface area contributed by atoms with Crippen molar-refractivity contribution >= 4 is 28.6 Å². The summed E-state index contributed by atoms with van der Waals surface area (Å²) in [4.78, 5) is 27.8. The van der Waals surface area contributed by atoms with E-state index in [1.807, 2.05) is 13.8 Å². The normalized spacial score (nSPS) is 10.8. The average molecular weight is 382 g/mol. The van der Waals surface area contributed by atoms with Gasteiger partial charge in [-0.1, -0.05) is 0 Å². The summed E-state index contributed by atoms with van der Waals surface area (Å²) in [5.74, 6) is -0.457. The minimum atomic E-state index is -0.842. The Morgan fingerprint density at radius 3 is 2.61 bits per heavy atom. The zero-order chi connectivity index (χ0) is 20.3. The van der Waals surface area contributed by atoms with Crippen LogP contribution in [0.25, 0.3) is 11.0 Å². The molecule has 0 spiro atoms. The first-order valence-corrected chi connectivity index (χ1v) is 8.92. The molecule has 1 aromatic carbocycles. The van der Waals surface area contributed by atoms with Gasteiger partial charge < -0.3 is 15.2 Å². The molecular weight excluding hydrogens is 360 g/mol. The molecule has 0 atom stereocenters. The number of pyridine rings is 1. The van der Waals surface area contributed by atoms with E-state index in [2.05, 4.69) is 15.4 Å². The maximum Gasteiger partial charge on any atom is 0.303 e. The molecule has 1 amide bonds. The second-order valence-electron chi connectivity index (χ2n) is 6.54. The summed E-state index contributed by atoms with van der Waals surface area (Å²) in [5, 5.41) is 16.6. The van der Waals surface area contributed by atoms with Gasteiger partial charge in [-0.2, -0.15) is 5.10 Å². The molecule has 3 aromatic rings. The highest BCUT2D eigenvalue weighted by Gasteiger charge is 2.17. The Labute approximate surface area is 162 Å². The first-order valence-electron chi connectivity index (χ1n) is 8.92. The maximum atomic E-state index is 12.8. The van der Waals surface area contributed by atoms with E-state index < -0.39 is 5.97 Å². The number of anilines is 1. The number of ether oxygens (including phenoxy) is 1. The number of benzene rings is 1. The second kappa shape index (κ2) is 8.08. The number of carboxylic acid groups (broad SMARTS) is 1. The molecule has 0 aliphatic carbocycles. The molecule has 3 rings (SSSR count). The largest absolute Gasteiger partial charge is 0.494 e. The minimum absolute atomic E-state index is 0.0712. The van der Waals surface area contributed by atoms with Gasteiger partial charge in [0.2, 0.25) is 0 Å². The number of fused-ring (bicyclic) bond motifs is 1. The monoisotopic (exact) mass is 382 g/mol. The van der Waals surface area contributed by atoms with Gasteiger partial charge in [-0.25, -0.2) is 4.98 Å². The summed E-state index contributed by atoms with van der Waals surface area (Å²) in [6, 6.07) is 8.71. The third-order valence-corrected chi connectivity index (χ3v) is 4.26. The van der Waals surface area contributed by atoms with E-state index in [1.54, 1.807) is 42.1 Å². The summed E-state index contributed by atoms with van der Waals surface area (Å²) < 4.78 is 7.17. The Bertz CT molecular complexity index is 1020. The van der Waals surface area contributed by atoms with E-state index in [9.17, 15) is 9.59 Å². The Hall–Kier alpha value is -3.42. The highest BCUT2D eigenvalue weighted by molar-refractivity contribution is 6.12.